The summed E-state index contributed by atoms with van der Waals surface area (Å²) in [6.45, 7) is 0. The molecule has 3 rings (SSSR count). The van der Waals surface area contributed by atoms with Crippen molar-refractivity contribution in [1.82, 2.24) is 5.32 Å². The molecule has 1 nitrogen and oxygen atoms in total. The number of halogens is 3. The normalized spacial score (nSPS) is 15.4. The fraction of sp³-hybridized carbons (Fsp3) is 0.333. The van der Waals surface area contributed by atoms with Gasteiger partial charge in [-0.05, 0) is 59.9 Å². The molecule has 1 heterocycles. The van der Waals surface area contributed by atoms with Crippen LogP contribution in [-0.2, 0) is 12.8 Å². The quantitative estimate of drug-likeness (QED) is 0.737. The molecule has 1 atom stereocenters. The van der Waals surface area contributed by atoms with Gasteiger partial charge in [-0.25, -0.2) is 4.39 Å². The zero-order chi connectivity index (χ0) is 14.3. The van der Waals surface area contributed by atoms with Crippen molar-refractivity contribution < 1.29 is 4.39 Å². The number of aryl methyl sites for hydroxylation is 2. The Morgan fingerprint density at radius 1 is 1.40 bits per heavy atom. The third kappa shape index (κ3) is 2.43. The molecule has 0 saturated heterocycles. The van der Waals surface area contributed by atoms with Crippen molar-refractivity contribution in [3.05, 3.63) is 54.4 Å². The number of thiophene rings is 1. The van der Waals surface area contributed by atoms with E-state index in [0.29, 0.717) is 10.0 Å². The summed E-state index contributed by atoms with van der Waals surface area (Å²) in [4.78, 5) is 2.61. The molecule has 20 heavy (non-hydrogen) atoms. The lowest BCUT2D eigenvalue weighted by Crippen LogP contribution is -2.18. The van der Waals surface area contributed by atoms with E-state index < -0.39 is 0 Å². The second-order valence-electron chi connectivity index (χ2n) is 4.94. The molecule has 0 spiro atoms. The molecular formula is C15H14BrClFNS. The summed E-state index contributed by atoms with van der Waals surface area (Å²) in [6.07, 6.45) is 3.54. The Hall–Kier alpha value is -0.420. The smallest absolute Gasteiger partial charge is 0.148 e. The van der Waals surface area contributed by atoms with E-state index in [1.807, 2.05) is 7.05 Å². The fourth-order valence-corrected chi connectivity index (χ4v) is 4.57. The highest BCUT2D eigenvalue weighted by atomic mass is 79.9. The van der Waals surface area contributed by atoms with Crippen LogP contribution in [0.5, 0.6) is 0 Å². The zero-order valence-electron chi connectivity index (χ0n) is 11.0. The van der Waals surface area contributed by atoms with E-state index in [1.165, 1.54) is 16.9 Å². The highest BCUT2D eigenvalue weighted by Gasteiger charge is 2.24. The van der Waals surface area contributed by atoms with Crippen molar-refractivity contribution in [2.45, 2.75) is 25.3 Å². The zero-order valence-corrected chi connectivity index (χ0v) is 14.1. The molecular weight excluding hydrogens is 361 g/mol. The van der Waals surface area contributed by atoms with Gasteiger partial charge in [0.2, 0.25) is 0 Å². The van der Waals surface area contributed by atoms with Crippen LogP contribution in [0.1, 0.15) is 33.3 Å². The first-order chi connectivity index (χ1) is 9.61. The molecule has 0 saturated carbocycles. The molecule has 1 aromatic carbocycles. The maximum atomic E-state index is 14.4. The number of nitrogens with one attached hydrogen (secondary N) is 1. The second kappa shape index (κ2) is 5.76. The standard InChI is InChI=1S/C15H14BrClFNS/c1-19-15(9-5-6-10(16)13(17)14(9)18)12-7-8-3-2-4-11(8)20-12/h5-7,15,19H,2-4H2,1H3. The summed E-state index contributed by atoms with van der Waals surface area (Å²) < 4.78 is 15.0. The Labute approximate surface area is 135 Å². The van der Waals surface area contributed by atoms with Crippen molar-refractivity contribution in [2.24, 2.45) is 0 Å². The van der Waals surface area contributed by atoms with Crippen molar-refractivity contribution in [1.29, 1.82) is 0 Å². The maximum absolute atomic E-state index is 14.4. The van der Waals surface area contributed by atoms with Crippen molar-refractivity contribution >= 4 is 38.9 Å². The van der Waals surface area contributed by atoms with Crippen LogP contribution in [0, 0.1) is 5.82 Å². The lowest BCUT2D eigenvalue weighted by molar-refractivity contribution is 0.579. The SMILES string of the molecule is CNC(c1cc2c(s1)CCC2)c1ccc(Br)c(Cl)c1F. The van der Waals surface area contributed by atoms with Gasteiger partial charge in [0.1, 0.15) is 5.82 Å². The number of fused-ring (bicyclic) bond motifs is 1. The van der Waals surface area contributed by atoms with Crippen LogP contribution < -0.4 is 5.32 Å². The van der Waals surface area contributed by atoms with E-state index in [2.05, 4.69) is 27.3 Å². The third-order valence-corrected chi connectivity index (χ3v) is 6.28. The molecule has 1 aromatic heterocycles. The van der Waals surface area contributed by atoms with Gasteiger partial charge in [0.05, 0.1) is 11.1 Å². The Bertz CT molecular complexity index is 634. The Balaban J connectivity index is 2.03. The van der Waals surface area contributed by atoms with Gasteiger partial charge < -0.3 is 5.32 Å². The van der Waals surface area contributed by atoms with Gasteiger partial charge in [-0.3, -0.25) is 0 Å². The van der Waals surface area contributed by atoms with E-state index in [1.54, 1.807) is 23.5 Å². The van der Waals surface area contributed by atoms with E-state index in [0.717, 1.165) is 17.7 Å². The van der Waals surface area contributed by atoms with Crippen LogP contribution in [-0.4, -0.2) is 7.05 Å². The first-order valence-electron chi connectivity index (χ1n) is 6.54. The van der Waals surface area contributed by atoms with Gasteiger partial charge >= 0.3 is 0 Å². The molecule has 0 aliphatic heterocycles. The minimum Gasteiger partial charge on any atom is -0.309 e. The summed E-state index contributed by atoms with van der Waals surface area (Å²) in [5.74, 6) is -0.353. The minimum atomic E-state index is -0.353. The molecule has 1 N–H and O–H groups in total. The topological polar surface area (TPSA) is 12.0 Å². The predicted molar refractivity (Wildman–Crippen MR) is 86.4 cm³/mol. The van der Waals surface area contributed by atoms with Gasteiger partial charge in [0.15, 0.2) is 0 Å². The molecule has 0 radical (unpaired) electrons. The van der Waals surface area contributed by atoms with Crippen molar-refractivity contribution in [2.75, 3.05) is 7.05 Å². The average Bonchev–Trinajstić information content (AvgIpc) is 3.00. The Morgan fingerprint density at radius 2 is 2.20 bits per heavy atom. The van der Waals surface area contributed by atoms with E-state index in [-0.39, 0.29) is 16.9 Å². The maximum Gasteiger partial charge on any atom is 0.148 e. The molecule has 1 aliphatic rings. The van der Waals surface area contributed by atoms with Crippen LogP contribution in [0.4, 0.5) is 4.39 Å². The summed E-state index contributed by atoms with van der Waals surface area (Å²) in [5.41, 5.74) is 2.02. The summed E-state index contributed by atoms with van der Waals surface area (Å²) >= 11 is 11.0. The largest absolute Gasteiger partial charge is 0.309 e. The van der Waals surface area contributed by atoms with Crippen LogP contribution in [0.15, 0.2) is 22.7 Å². The molecule has 0 amide bonds. The number of hydrogen-bond donors (Lipinski definition) is 1. The highest BCUT2D eigenvalue weighted by Crippen LogP contribution is 2.38. The van der Waals surface area contributed by atoms with Crippen LogP contribution in [0.2, 0.25) is 5.02 Å². The lowest BCUT2D eigenvalue weighted by atomic mass is 10.0. The molecule has 0 bridgehead atoms. The molecule has 5 heteroatoms. The Morgan fingerprint density at radius 3 is 2.90 bits per heavy atom. The van der Waals surface area contributed by atoms with Crippen LogP contribution in [0.25, 0.3) is 0 Å². The monoisotopic (exact) mass is 373 g/mol. The van der Waals surface area contributed by atoms with E-state index in [9.17, 15) is 4.39 Å². The minimum absolute atomic E-state index is 0.142. The number of rotatable bonds is 3. The molecule has 1 unspecified atom stereocenters. The van der Waals surface area contributed by atoms with Crippen molar-refractivity contribution in [3.63, 3.8) is 0 Å². The van der Waals surface area contributed by atoms with Crippen molar-refractivity contribution in [3.8, 4) is 0 Å². The number of hydrogen-bond acceptors (Lipinski definition) is 2. The van der Waals surface area contributed by atoms with Crippen LogP contribution >= 0.6 is 38.9 Å². The number of benzene rings is 1. The fourth-order valence-electron chi connectivity index (χ4n) is 2.71. The van der Waals surface area contributed by atoms with Gasteiger partial charge in [-0.1, -0.05) is 17.7 Å². The second-order valence-corrected chi connectivity index (χ2v) is 7.34. The summed E-state index contributed by atoms with van der Waals surface area (Å²) in [5, 5.41) is 3.35. The van der Waals surface area contributed by atoms with Crippen LogP contribution in [0.3, 0.4) is 0 Å². The highest BCUT2D eigenvalue weighted by molar-refractivity contribution is 9.10. The predicted octanol–water partition coefficient (Wildman–Crippen LogP) is 5.10. The van der Waals surface area contributed by atoms with Gasteiger partial charge in [0, 0.05) is 19.8 Å². The molecule has 106 valence electrons. The van der Waals surface area contributed by atoms with Gasteiger partial charge in [-0.15, -0.1) is 11.3 Å². The Kier molecular flexibility index (Phi) is 4.18. The first kappa shape index (κ1) is 14.5. The average molecular weight is 375 g/mol. The third-order valence-electron chi connectivity index (χ3n) is 3.71. The molecule has 0 fully saturated rings. The lowest BCUT2D eigenvalue weighted by Gasteiger charge is -2.17. The van der Waals surface area contributed by atoms with E-state index in [4.69, 9.17) is 11.6 Å². The molecule has 2 aromatic rings. The first-order valence-corrected chi connectivity index (χ1v) is 8.52. The molecule has 1 aliphatic carbocycles. The van der Waals surface area contributed by atoms with E-state index >= 15 is 0 Å². The van der Waals surface area contributed by atoms with Gasteiger partial charge in [-0.2, -0.15) is 0 Å². The summed E-state index contributed by atoms with van der Waals surface area (Å²) in [7, 11) is 1.85. The summed E-state index contributed by atoms with van der Waals surface area (Å²) in [6, 6.07) is 5.66. The van der Waals surface area contributed by atoms with Gasteiger partial charge in [0.25, 0.3) is 0 Å².